The molecule has 72 valence electrons. The van der Waals surface area contributed by atoms with E-state index < -0.39 is 12.1 Å². The average molecular weight is 189 g/mol. The molecule has 0 saturated carbocycles. The molecule has 4 heteroatoms. The average Bonchev–Trinajstić information content (AvgIpc) is 2.19. The standard InChI is InChI=1S/C10H11N3O/c1-8(7-11)13(10(12)14)9-5-3-2-4-6-9/h2-6,8H,1H3,(H2,12,14). The number of urea groups is 1. The van der Waals surface area contributed by atoms with E-state index in [1.165, 1.54) is 4.90 Å². The molecule has 1 aromatic carbocycles. The van der Waals surface area contributed by atoms with Gasteiger partial charge in [-0.25, -0.2) is 4.79 Å². The van der Waals surface area contributed by atoms with Crippen molar-refractivity contribution >= 4 is 11.7 Å². The Morgan fingerprint density at radius 1 is 1.50 bits per heavy atom. The van der Waals surface area contributed by atoms with E-state index >= 15 is 0 Å². The molecule has 0 saturated heterocycles. The zero-order valence-electron chi connectivity index (χ0n) is 7.84. The minimum atomic E-state index is -0.620. The van der Waals surface area contributed by atoms with E-state index in [1.54, 1.807) is 31.2 Å². The van der Waals surface area contributed by atoms with E-state index in [-0.39, 0.29) is 0 Å². The number of nitrogens with zero attached hydrogens (tertiary/aromatic N) is 2. The third kappa shape index (κ3) is 2.02. The lowest BCUT2D eigenvalue weighted by Gasteiger charge is -2.22. The lowest BCUT2D eigenvalue weighted by molar-refractivity contribution is 0.253. The molecule has 1 aromatic rings. The maximum absolute atomic E-state index is 11.1. The third-order valence-corrected chi connectivity index (χ3v) is 1.85. The highest BCUT2D eigenvalue weighted by atomic mass is 16.2. The highest BCUT2D eigenvalue weighted by Crippen LogP contribution is 2.15. The lowest BCUT2D eigenvalue weighted by atomic mass is 10.2. The first-order chi connectivity index (χ1) is 6.66. The first-order valence-corrected chi connectivity index (χ1v) is 4.20. The molecule has 0 heterocycles. The highest BCUT2D eigenvalue weighted by molar-refractivity contribution is 5.91. The van der Waals surface area contributed by atoms with E-state index in [2.05, 4.69) is 0 Å². The minimum absolute atomic E-state index is 0.560. The summed E-state index contributed by atoms with van der Waals surface area (Å²) in [4.78, 5) is 12.3. The molecule has 0 spiro atoms. The summed E-state index contributed by atoms with van der Waals surface area (Å²) in [5, 5.41) is 8.72. The summed E-state index contributed by atoms with van der Waals surface area (Å²) in [7, 11) is 0. The fourth-order valence-electron chi connectivity index (χ4n) is 1.19. The minimum Gasteiger partial charge on any atom is -0.351 e. The number of hydrogen-bond acceptors (Lipinski definition) is 2. The largest absolute Gasteiger partial charge is 0.351 e. The third-order valence-electron chi connectivity index (χ3n) is 1.85. The van der Waals surface area contributed by atoms with Gasteiger partial charge in [0.2, 0.25) is 0 Å². The van der Waals surface area contributed by atoms with E-state index in [1.807, 2.05) is 12.1 Å². The summed E-state index contributed by atoms with van der Waals surface area (Å²) < 4.78 is 0. The van der Waals surface area contributed by atoms with Gasteiger partial charge < -0.3 is 5.73 Å². The van der Waals surface area contributed by atoms with E-state index in [4.69, 9.17) is 11.0 Å². The smallest absolute Gasteiger partial charge is 0.320 e. The second kappa shape index (κ2) is 4.28. The molecular weight excluding hydrogens is 178 g/mol. The van der Waals surface area contributed by atoms with Gasteiger partial charge in [0.25, 0.3) is 0 Å². The van der Waals surface area contributed by atoms with Crippen LogP contribution < -0.4 is 10.6 Å². The van der Waals surface area contributed by atoms with Crippen LogP contribution in [0.4, 0.5) is 10.5 Å². The van der Waals surface area contributed by atoms with Crippen LogP contribution in [0.25, 0.3) is 0 Å². The van der Waals surface area contributed by atoms with Crippen molar-refractivity contribution in [3.8, 4) is 6.07 Å². The van der Waals surface area contributed by atoms with Gasteiger partial charge in [-0.3, -0.25) is 4.90 Å². The molecule has 4 nitrogen and oxygen atoms in total. The Hall–Kier alpha value is -2.02. The van der Waals surface area contributed by atoms with Crippen molar-refractivity contribution in [3.05, 3.63) is 30.3 Å². The monoisotopic (exact) mass is 189 g/mol. The van der Waals surface area contributed by atoms with Crippen LogP contribution in [-0.2, 0) is 0 Å². The number of nitriles is 1. The number of carbonyl (C=O) groups excluding carboxylic acids is 1. The number of rotatable bonds is 2. The van der Waals surface area contributed by atoms with E-state index in [9.17, 15) is 4.79 Å². The van der Waals surface area contributed by atoms with Gasteiger partial charge in [-0.2, -0.15) is 5.26 Å². The van der Waals surface area contributed by atoms with Gasteiger partial charge in [0.15, 0.2) is 0 Å². The number of primary amides is 1. The van der Waals surface area contributed by atoms with Gasteiger partial charge in [-0.1, -0.05) is 18.2 Å². The second-order valence-electron chi connectivity index (χ2n) is 2.85. The fourth-order valence-corrected chi connectivity index (χ4v) is 1.19. The van der Waals surface area contributed by atoms with Crippen molar-refractivity contribution < 1.29 is 4.79 Å². The molecule has 0 bridgehead atoms. The topological polar surface area (TPSA) is 70.1 Å². The normalized spacial score (nSPS) is 11.4. The Balaban J connectivity index is 3.02. The van der Waals surface area contributed by atoms with Crippen molar-refractivity contribution in [2.75, 3.05) is 4.90 Å². The molecule has 0 radical (unpaired) electrons. The molecule has 1 atom stereocenters. The second-order valence-corrected chi connectivity index (χ2v) is 2.85. The first kappa shape index (κ1) is 10.1. The zero-order valence-corrected chi connectivity index (χ0v) is 7.84. The number of benzene rings is 1. The number of amides is 2. The molecule has 1 rings (SSSR count). The highest BCUT2D eigenvalue weighted by Gasteiger charge is 2.18. The van der Waals surface area contributed by atoms with Crippen molar-refractivity contribution in [3.63, 3.8) is 0 Å². The SMILES string of the molecule is CC(C#N)N(C(N)=O)c1ccccc1. The molecule has 0 aliphatic rings. The quantitative estimate of drug-likeness (QED) is 0.765. The maximum atomic E-state index is 11.1. The van der Waals surface area contributed by atoms with Crippen molar-refractivity contribution in [2.24, 2.45) is 5.73 Å². The van der Waals surface area contributed by atoms with Crippen LogP contribution >= 0.6 is 0 Å². The molecule has 0 aliphatic heterocycles. The maximum Gasteiger partial charge on any atom is 0.320 e. The summed E-state index contributed by atoms with van der Waals surface area (Å²) in [5.41, 5.74) is 5.81. The Morgan fingerprint density at radius 2 is 2.07 bits per heavy atom. The lowest BCUT2D eigenvalue weighted by Crippen LogP contribution is -2.41. The van der Waals surface area contributed by atoms with E-state index in [0.29, 0.717) is 5.69 Å². The summed E-state index contributed by atoms with van der Waals surface area (Å²) in [6, 6.07) is 9.67. The van der Waals surface area contributed by atoms with Crippen molar-refractivity contribution in [1.29, 1.82) is 5.26 Å². The summed E-state index contributed by atoms with van der Waals surface area (Å²) in [6.45, 7) is 1.62. The molecule has 2 amide bonds. The number of para-hydroxylation sites is 1. The molecular formula is C10H11N3O. The fraction of sp³-hybridized carbons (Fsp3) is 0.200. The van der Waals surface area contributed by atoms with Gasteiger partial charge in [0.1, 0.15) is 6.04 Å². The van der Waals surface area contributed by atoms with Crippen LogP contribution in [0.15, 0.2) is 30.3 Å². The van der Waals surface area contributed by atoms with Gasteiger partial charge in [-0.05, 0) is 19.1 Å². The Morgan fingerprint density at radius 3 is 2.50 bits per heavy atom. The van der Waals surface area contributed by atoms with Crippen LogP contribution in [0, 0.1) is 11.3 Å². The molecule has 1 unspecified atom stereocenters. The van der Waals surface area contributed by atoms with Gasteiger partial charge in [0.05, 0.1) is 6.07 Å². The number of carbonyl (C=O) groups is 1. The van der Waals surface area contributed by atoms with Crippen LogP contribution in [0.2, 0.25) is 0 Å². The number of anilines is 1. The summed E-state index contributed by atoms with van der Waals surface area (Å²) in [6.07, 6.45) is 0. The van der Waals surface area contributed by atoms with Gasteiger partial charge in [-0.15, -0.1) is 0 Å². The zero-order chi connectivity index (χ0) is 10.6. The molecule has 0 aromatic heterocycles. The molecule has 0 aliphatic carbocycles. The predicted octanol–water partition coefficient (Wildman–Crippen LogP) is 1.48. The molecule has 0 fully saturated rings. The number of hydrogen-bond donors (Lipinski definition) is 1. The Bertz CT molecular complexity index is 355. The predicted molar refractivity (Wildman–Crippen MR) is 53.6 cm³/mol. The van der Waals surface area contributed by atoms with E-state index in [0.717, 1.165) is 0 Å². The number of nitrogens with two attached hydrogens (primary N) is 1. The van der Waals surface area contributed by atoms with Crippen LogP contribution in [0.1, 0.15) is 6.92 Å². The molecule has 2 N–H and O–H groups in total. The van der Waals surface area contributed by atoms with Crippen LogP contribution in [0.5, 0.6) is 0 Å². The molecule has 14 heavy (non-hydrogen) atoms. The Labute approximate surface area is 82.5 Å². The van der Waals surface area contributed by atoms with Gasteiger partial charge >= 0.3 is 6.03 Å². The summed E-state index contributed by atoms with van der Waals surface area (Å²) >= 11 is 0. The van der Waals surface area contributed by atoms with Crippen molar-refractivity contribution in [1.82, 2.24) is 0 Å². The van der Waals surface area contributed by atoms with Crippen molar-refractivity contribution in [2.45, 2.75) is 13.0 Å². The Kier molecular flexibility index (Phi) is 3.08. The first-order valence-electron chi connectivity index (χ1n) is 4.20. The van der Waals surface area contributed by atoms with Crippen LogP contribution in [0.3, 0.4) is 0 Å². The van der Waals surface area contributed by atoms with Crippen LogP contribution in [-0.4, -0.2) is 12.1 Å². The summed E-state index contributed by atoms with van der Waals surface area (Å²) in [5.74, 6) is 0. The van der Waals surface area contributed by atoms with Gasteiger partial charge in [0, 0.05) is 5.69 Å².